The largest absolute Gasteiger partial charge is 0.496 e. The van der Waals surface area contributed by atoms with Gasteiger partial charge in [-0.1, -0.05) is 24.1 Å². The van der Waals surface area contributed by atoms with Crippen LogP contribution in [-0.4, -0.2) is 31.1 Å². The van der Waals surface area contributed by atoms with E-state index in [9.17, 15) is 0 Å². The highest BCUT2D eigenvalue weighted by Crippen LogP contribution is 2.25. The molecule has 0 aliphatic carbocycles. The standard InChI is InChI=1S/C15H24N2O.ClH/c1-12-6-7-15(18-2)13(9-12)11-17-8-4-3-5-14(17)10-16;/h6-7,9,14H,3-5,8,10-11,16H2,1-2H3;1H. The van der Waals surface area contributed by atoms with Crippen molar-refractivity contribution in [1.82, 2.24) is 4.90 Å². The third-order valence-electron chi connectivity index (χ3n) is 3.83. The Morgan fingerprint density at radius 2 is 2.16 bits per heavy atom. The SMILES string of the molecule is COc1ccc(C)cc1CN1CCCCC1CN.Cl. The van der Waals surface area contributed by atoms with Crippen LogP contribution in [0.5, 0.6) is 5.75 Å². The summed E-state index contributed by atoms with van der Waals surface area (Å²) in [5, 5.41) is 0. The van der Waals surface area contributed by atoms with Gasteiger partial charge in [-0.25, -0.2) is 0 Å². The number of halogens is 1. The second-order valence-corrected chi connectivity index (χ2v) is 5.17. The fourth-order valence-corrected chi connectivity index (χ4v) is 2.78. The summed E-state index contributed by atoms with van der Waals surface area (Å²) in [5.41, 5.74) is 8.43. The van der Waals surface area contributed by atoms with Crippen molar-refractivity contribution < 1.29 is 4.74 Å². The molecule has 0 saturated carbocycles. The van der Waals surface area contributed by atoms with Gasteiger partial charge >= 0.3 is 0 Å². The van der Waals surface area contributed by atoms with Crippen LogP contribution in [0.25, 0.3) is 0 Å². The molecule has 2 rings (SSSR count). The summed E-state index contributed by atoms with van der Waals surface area (Å²) >= 11 is 0. The van der Waals surface area contributed by atoms with E-state index in [4.69, 9.17) is 10.5 Å². The van der Waals surface area contributed by atoms with Crippen molar-refractivity contribution in [3.8, 4) is 5.75 Å². The van der Waals surface area contributed by atoms with Crippen molar-refractivity contribution in [2.45, 2.75) is 38.8 Å². The van der Waals surface area contributed by atoms with Gasteiger partial charge in [-0.05, 0) is 32.4 Å². The number of hydrogen-bond donors (Lipinski definition) is 1. The molecule has 0 bridgehead atoms. The number of benzene rings is 1. The Hall–Kier alpha value is -0.770. The Morgan fingerprint density at radius 3 is 2.84 bits per heavy atom. The molecule has 1 saturated heterocycles. The van der Waals surface area contributed by atoms with E-state index in [2.05, 4.69) is 30.0 Å². The number of nitrogens with two attached hydrogens (primary N) is 1. The lowest BCUT2D eigenvalue weighted by Crippen LogP contribution is -2.43. The fourth-order valence-electron chi connectivity index (χ4n) is 2.78. The third-order valence-corrected chi connectivity index (χ3v) is 3.83. The minimum absolute atomic E-state index is 0. The Morgan fingerprint density at radius 1 is 1.37 bits per heavy atom. The van der Waals surface area contributed by atoms with Gasteiger partial charge in [-0.2, -0.15) is 0 Å². The summed E-state index contributed by atoms with van der Waals surface area (Å²) < 4.78 is 5.45. The second kappa shape index (κ2) is 7.73. The zero-order valence-electron chi connectivity index (χ0n) is 11.9. The molecule has 1 fully saturated rings. The molecule has 1 aliphatic rings. The smallest absolute Gasteiger partial charge is 0.123 e. The maximum Gasteiger partial charge on any atom is 0.123 e. The van der Waals surface area contributed by atoms with Gasteiger partial charge in [0.15, 0.2) is 0 Å². The van der Waals surface area contributed by atoms with Crippen molar-refractivity contribution in [1.29, 1.82) is 0 Å². The average Bonchev–Trinajstić information content (AvgIpc) is 2.40. The molecule has 3 nitrogen and oxygen atoms in total. The predicted molar refractivity (Wildman–Crippen MR) is 82.1 cm³/mol. The first-order valence-corrected chi connectivity index (χ1v) is 6.82. The van der Waals surface area contributed by atoms with Crippen LogP contribution in [0.4, 0.5) is 0 Å². The van der Waals surface area contributed by atoms with Crippen molar-refractivity contribution in [3.05, 3.63) is 29.3 Å². The lowest BCUT2D eigenvalue weighted by molar-refractivity contribution is 0.143. The third kappa shape index (κ3) is 4.10. The van der Waals surface area contributed by atoms with E-state index in [0.29, 0.717) is 6.04 Å². The topological polar surface area (TPSA) is 38.5 Å². The number of piperidine rings is 1. The molecule has 4 heteroatoms. The number of hydrogen-bond acceptors (Lipinski definition) is 3. The molecular formula is C15H25ClN2O. The molecule has 0 amide bonds. The number of nitrogens with zero attached hydrogens (tertiary/aromatic N) is 1. The fraction of sp³-hybridized carbons (Fsp3) is 0.600. The minimum Gasteiger partial charge on any atom is -0.496 e. The van der Waals surface area contributed by atoms with Crippen LogP contribution >= 0.6 is 12.4 Å². The summed E-state index contributed by atoms with van der Waals surface area (Å²) in [6.45, 7) is 4.99. The molecule has 1 aromatic carbocycles. The highest BCUT2D eigenvalue weighted by molar-refractivity contribution is 5.85. The minimum atomic E-state index is 0. The first-order chi connectivity index (χ1) is 8.74. The monoisotopic (exact) mass is 284 g/mol. The maximum atomic E-state index is 5.87. The first-order valence-electron chi connectivity index (χ1n) is 6.82. The van der Waals surface area contributed by atoms with E-state index in [-0.39, 0.29) is 12.4 Å². The normalized spacial score (nSPS) is 19.8. The second-order valence-electron chi connectivity index (χ2n) is 5.17. The summed E-state index contributed by atoms with van der Waals surface area (Å²) in [7, 11) is 1.74. The van der Waals surface area contributed by atoms with Crippen LogP contribution in [-0.2, 0) is 6.54 Å². The van der Waals surface area contributed by atoms with E-state index in [1.54, 1.807) is 7.11 Å². The molecule has 1 heterocycles. The predicted octanol–water partition coefficient (Wildman–Crippen LogP) is 2.74. The highest BCUT2D eigenvalue weighted by Gasteiger charge is 2.21. The summed E-state index contributed by atoms with van der Waals surface area (Å²) in [6.07, 6.45) is 3.82. The van der Waals surface area contributed by atoms with Crippen molar-refractivity contribution in [2.24, 2.45) is 5.73 Å². The van der Waals surface area contributed by atoms with Gasteiger partial charge in [-0.3, -0.25) is 4.90 Å². The first kappa shape index (κ1) is 16.3. The molecule has 0 spiro atoms. The molecular weight excluding hydrogens is 260 g/mol. The van der Waals surface area contributed by atoms with Gasteiger partial charge in [0.2, 0.25) is 0 Å². The molecule has 1 aromatic rings. The van der Waals surface area contributed by atoms with Gasteiger partial charge in [0.25, 0.3) is 0 Å². The summed E-state index contributed by atoms with van der Waals surface area (Å²) in [4.78, 5) is 2.50. The summed E-state index contributed by atoms with van der Waals surface area (Å²) in [6, 6.07) is 6.91. The Bertz CT molecular complexity index is 398. The molecule has 108 valence electrons. The molecule has 0 radical (unpaired) electrons. The Kier molecular flexibility index (Phi) is 6.63. The van der Waals surface area contributed by atoms with Gasteiger partial charge in [-0.15, -0.1) is 12.4 Å². The number of methoxy groups -OCH3 is 1. The summed E-state index contributed by atoms with van der Waals surface area (Å²) in [5.74, 6) is 0.988. The Labute approximate surface area is 122 Å². The van der Waals surface area contributed by atoms with Crippen LogP contribution in [0, 0.1) is 6.92 Å². The number of ether oxygens (including phenoxy) is 1. The molecule has 1 unspecified atom stereocenters. The van der Waals surface area contributed by atoms with Crippen molar-refractivity contribution >= 4 is 12.4 Å². The lowest BCUT2D eigenvalue weighted by atomic mass is 10.0. The van der Waals surface area contributed by atoms with E-state index in [0.717, 1.165) is 25.4 Å². The van der Waals surface area contributed by atoms with Crippen LogP contribution in [0.3, 0.4) is 0 Å². The van der Waals surface area contributed by atoms with Gasteiger partial charge in [0.1, 0.15) is 5.75 Å². The van der Waals surface area contributed by atoms with Crippen LogP contribution in [0.2, 0.25) is 0 Å². The van der Waals surface area contributed by atoms with Crippen LogP contribution in [0.15, 0.2) is 18.2 Å². The van der Waals surface area contributed by atoms with Crippen LogP contribution in [0.1, 0.15) is 30.4 Å². The van der Waals surface area contributed by atoms with E-state index in [1.165, 1.54) is 30.4 Å². The van der Waals surface area contributed by atoms with Gasteiger partial charge < -0.3 is 10.5 Å². The lowest BCUT2D eigenvalue weighted by Gasteiger charge is -2.35. The van der Waals surface area contributed by atoms with E-state index < -0.39 is 0 Å². The van der Waals surface area contributed by atoms with Crippen molar-refractivity contribution in [3.63, 3.8) is 0 Å². The van der Waals surface area contributed by atoms with E-state index in [1.807, 2.05) is 0 Å². The maximum absolute atomic E-state index is 5.87. The van der Waals surface area contributed by atoms with Gasteiger partial charge in [0, 0.05) is 24.7 Å². The highest BCUT2D eigenvalue weighted by atomic mass is 35.5. The van der Waals surface area contributed by atoms with Crippen molar-refractivity contribution in [2.75, 3.05) is 20.2 Å². The van der Waals surface area contributed by atoms with Gasteiger partial charge in [0.05, 0.1) is 7.11 Å². The molecule has 2 N–H and O–H groups in total. The molecule has 1 aliphatic heterocycles. The molecule has 1 atom stereocenters. The zero-order chi connectivity index (χ0) is 13.0. The molecule has 19 heavy (non-hydrogen) atoms. The zero-order valence-corrected chi connectivity index (χ0v) is 12.7. The van der Waals surface area contributed by atoms with E-state index >= 15 is 0 Å². The molecule has 0 aromatic heterocycles. The quantitative estimate of drug-likeness (QED) is 0.924. The number of rotatable bonds is 4. The average molecular weight is 285 g/mol. The van der Waals surface area contributed by atoms with Crippen LogP contribution < -0.4 is 10.5 Å². The Balaban J connectivity index is 0.00000180. The number of likely N-dealkylation sites (tertiary alicyclic amines) is 1. The number of aryl methyl sites for hydroxylation is 1.